The Morgan fingerprint density at radius 1 is 1.21 bits per heavy atom. The number of hydrogen-bond acceptors (Lipinski definition) is 3. The van der Waals surface area contributed by atoms with E-state index in [9.17, 15) is 9.90 Å². The fourth-order valence-corrected chi connectivity index (χ4v) is 1.99. The number of carboxylic acids is 1. The smallest absolute Gasteiger partial charge is 0.336 e. The van der Waals surface area contributed by atoms with Gasteiger partial charge in [0.05, 0.1) is 5.56 Å². The fourth-order valence-electron chi connectivity index (χ4n) is 1.57. The summed E-state index contributed by atoms with van der Waals surface area (Å²) in [7, 11) is 0. The predicted octanol–water partition coefficient (Wildman–Crippen LogP) is 3.43. The van der Waals surface area contributed by atoms with Crippen molar-refractivity contribution in [1.29, 1.82) is 0 Å². The molecule has 4 nitrogen and oxygen atoms in total. The summed E-state index contributed by atoms with van der Waals surface area (Å²) >= 11 is 3.17. The number of hydrogen-bond donors (Lipinski definition) is 2. The van der Waals surface area contributed by atoms with Crippen LogP contribution in [-0.4, -0.2) is 16.2 Å². The van der Waals surface area contributed by atoms with Crippen molar-refractivity contribution in [2.24, 2.45) is 0 Å². The Bertz CT molecular complexity index is 610. The van der Waals surface area contributed by atoms with Gasteiger partial charge in [0, 0.05) is 4.47 Å². The molecule has 0 aromatic heterocycles. The molecule has 0 saturated carbocycles. The number of phenols is 1. The van der Waals surface area contributed by atoms with Crippen molar-refractivity contribution < 1.29 is 19.7 Å². The number of aromatic carboxylic acids is 1. The maximum absolute atomic E-state index is 11.0. The van der Waals surface area contributed by atoms with Gasteiger partial charge in [-0.15, -0.1) is 0 Å². The third-order valence-corrected chi connectivity index (χ3v) is 3.18. The van der Waals surface area contributed by atoms with Crippen molar-refractivity contribution in [1.82, 2.24) is 0 Å². The Morgan fingerprint density at radius 3 is 2.68 bits per heavy atom. The van der Waals surface area contributed by atoms with Crippen molar-refractivity contribution in [3.8, 4) is 11.5 Å². The molecule has 2 aromatic rings. The van der Waals surface area contributed by atoms with Crippen molar-refractivity contribution >= 4 is 21.9 Å². The maximum atomic E-state index is 11.0. The maximum Gasteiger partial charge on any atom is 0.336 e. The second-order valence-corrected chi connectivity index (χ2v) is 4.76. The number of aromatic hydroxyl groups is 1. The van der Waals surface area contributed by atoms with E-state index in [4.69, 9.17) is 9.84 Å². The van der Waals surface area contributed by atoms with Crippen LogP contribution < -0.4 is 4.74 Å². The summed E-state index contributed by atoms with van der Waals surface area (Å²) in [5.41, 5.74) is 0.952. The van der Waals surface area contributed by atoms with Crippen molar-refractivity contribution in [2.75, 3.05) is 0 Å². The number of ether oxygens (including phenoxy) is 1. The van der Waals surface area contributed by atoms with Gasteiger partial charge in [0.15, 0.2) is 0 Å². The highest BCUT2D eigenvalue weighted by molar-refractivity contribution is 9.10. The van der Waals surface area contributed by atoms with Crippen LogP contribution in [0.15, 0.2) is 46.9 Å². The molecule has 0 fully saturated rings. The van der Waals surface area contributed by atoms with E-state index in [2.05, 4.69) is 15.9 Å². The first kappa shape index (κ1) is 13.4. The zero-order chi connectivity index (χ0) is 13.8. The van der Waals surface area contributed by atoms with Crippen molar-refractivity contribution in [2.45, 2.75) is 6.61 Å². The van der Waals surface area contributed by atoms with Crippen LogP contribution in [0.2, 0.25) is 0 Å². The van der Waals surface area contributed by atoms with Crippen LogP contribution in [0.1, 0.15) is 15.9 Å². The molecule has 0 heterocycles. The van der Waals surface area contributed by atoms with Gasteiger partial charge in [-0.1, -0.05) is 12.1 Å². The first-order valence-corrected chi connectivity index (χ1v) is 6.29. The number of rotatable bonds is 4. The summed E-state index contributed by atoms with van der Waals surface area (Å²) in [6.07, 6.45) is 0. The minimum atomic E-state index is -1.02. The molecule has 2 N–H and O–H groups in total. The monoisotopic (exact) mass is 322 g/mol. The van der Waals surface area contributed by atoms with Gasteiger partial charge in [0.25, 0.3) is 0 Å². The second-order valence-electron chi connectivity index (χ2n) is 3.91. The fraction of sp³-hybridized carbons (Fsp3) is 0.0714. The van der Waals surface area contributed by atoms with E-state index in [-0.39, 0.29) is 17.9 Å². The molecular weight excluding hydrogens is 312 g/mol. The van der Waals surface area contributed by atoms with E-state index in [1.165, 1.54) is 6.07 Å². The lowest BCUT2D eigenvalue weighted by Gasteiger charge is -2.08. The van der Waals surface area contributed by atoms with Crippen LogP contribution in [0, 0.1) is 0 Å². The molecule has 0 bridgehead atoms. The number of carboxylic acid groups (broad SMARTS) is 1. The van der Waals surface area contributed by atoms with Crippen LogP contribution in [-0.2, 0) is 6.61 Å². The van der Waals surface area contributed by atoms with Gasteiger partial charge < -0.3 is 14.9 Å². The van der Waals surface area contributed by atoms with E-state index in [1.54, 1.807) is 30.3 Å². The van der Waals surface area contributed by atoms with Crippen LogP contribution in [0.4, 0.5) is 0 Å². The molecule has 19 heavy (non-hydrogen) atoms. The molecule has 2 aromatic carbocycles. The summed E-state index contributed by atoms with van der Waals surface area (Å²) in [6.45, 7) is 0.259. The topological polar surface area (TPSA) is 66.8 Å². The van der Waals surface area contributed by atoms with Gasteiger partial charge in [0.2, 0.25) is 0 Å². The van der Waals surface area contributed by atoms with E-state index in [0.717, 1.165) is 5.56 Å². The minimum Gasteiger partial charge on any atom is -0.508 e. The second kappa shape index (κ2) is 5.75. The lowest BCUT2D eigenvalue weighted by Crippen LogP contribution is -2.00. The molecule has 0 unspecified atom stereocenters. The molecule has 0 aliphatic heterocycles. The summed E-state index contributed by atoms with van der Waals surface area (Å²) in [5, 5.41) is 18.3. The summed E-state index contributed by atoms with van der Waals surface area (Å²) in [4.78, 5) is 11.0. The van der Waals surface area contributed by atoms with Gasteiger partial charge in [0.1, 0.15) is 18.1 Å². The third kappa shape index (κ3) is 3.48. The van der Waals surface area contributed by atoms with Gasteiger partial charge >= 0.3 is 5.97 Å². The van der Waals surface area contributed by atoms with Crippen LogP contribution in [0.25, 0.3) is 0 Å². The molecule has 2 rings (SSSR count). The molecule has 5 heteroatoms. The van der Waals surface area contributed by atoms with Crippen LogP contribution >= 0.6 is 15.9 Å². The predicted molar refractivity (Wildman–Crippen MR) is 73.5 cm³/mol. The number of halogens is 1. The SMILES string of the molecule is O=C(O)c1cc(OCc2cccc(O)c2)ccc1Br. The third-order valence-electron chi connectivity index (χ3n) is 2.48. The lowest BCUT2D eigenvalue weighted by molar-refractivity contribution is 0.0695. The molecule has 98 valence electrons. The first-order chi connectivity index (χ1) is 9.06. The lowest BCUT2D eigenvalue weighted by atomic mass is 10.2. The Balaban J connectivity index is 2.12. The highest BCUT2D eigenvalue weighted by Crippen LogP contribution is 2.23. The quantitative estimate of drug-likeness (QED) is 0.905. The largest absolute Gasteiger partial charge is 0.508 e. The van der Waals surface area contributed by atoms with Gasteiger partial charge in [-0.25, -0.2) is 4.79 Å². The standard InChI is InChI=1S/C14H11BrO4/c15-13-5-4-11(7-12(13)14(17)18)19-8-9-2-1-3-10(16)6-9/h1-7,16H,8H2,(H,17,18). The van der Waals surface area contributed by atoms with E-state index >= 15 is 0 Å². The normalized spacial score (nSPS) is 10.2. The van der Waals surface area contributed by atoms with E-state index < -0.39 is 5.97 Å². The summed E-state index contributed by atoms with van der Waals surface area (Å²) < 4.78 is 6.00. The molecule has 0 atom stereocenters. The Labute approximate surface area is 118 Å². The zero-order valence-electron chi connectivity index (χ0n) is 9.84. The summed E-state index contributed by atoms with van der Waals surface area (Å²) in [6, 6.07) is 11.5. The van der Waals surface area contributed by atoms with E-state index in [1.807, 2.05) is 6.07 Å². The van der Waals surface area contributed by atoms with Crippen molar-refractivity contribution in [3.05, 3.63) is 58.1 Å². The molecule has 0 amide bonds. The number of phenolic OH excluding ortho intramolecular Hbond substituents is 1. The van der Waals surface area contributed by atoms with Crippen LogP contribution in [0.3, 0.4) is 0 Å². The molecule has 0 saturated heterocycles. The van der Waals surface area contributed by atoms with E-state index in [0.29, 0.717) is 10.2 Å². The Kier molecular flexibility index (Phi) is 4.06. The molecule has 0 aliphatic rings. The Morgan fingerprint density at radius 2 is 2.00 bits per heavy atom. The van der Waals surface area contributed by atoms with Crippen LogP contribution in [0.5, 0.6) is 11.5 Å². The molecule has 0 aliphatic carbocycles. The average molecular weight is 323 g/mol. The number of benzene rings is 2. The molecule has 0 spiro atoms. The van der Waals surface area contributed by atoms with Crippen molar-refractivity contribution in [3.63, 3.8) is 0 Å². The zero-order valence-corrected chi connectivity index (χ0v) is 11.4. The minimum absolute atomic E-state index is 0.147. The molecular formula is C14H11BrO4. The highest BCUT2D eigenvalue weighted by Gasteiger charge is 2.09. The van der Waals surface area contributed by atoms with Gasteiger partial charge in [-0.3, -0.25) is 0 Å². The van der Waals surface area contributed by atoms with Gasteiger partial charge in [-0.2, -0.15) is 0 Å². The number of carbonyl (C=O) groups is 1. The molecule has 0 radical (unpaired) electrons. The van der Waals surface area contributed by atoms with Gasteiger partial charge in [-0.05, 0) is 51.8 Å². The first-order valence-electron chi connectivity index (χ1n) is 5.50. The Hall–Kier alpha value is -2.01. The highest BCUT2D eigenvalue weighted by atomic mass is 79.9. The summed E-state index contributed by atoms with van der Waals surface area (Å²) in [5.74, 6) is -0.387. The average Bonchev–Trinajstić information content (AvgIpc) is 2.37.